The quantitative estimate of drug-likeness (QED) is 0.120. The maximum absolute atomic E-state index is 9.69. The van der Waals surface area contributed by atoms with Crippen LogP contribution in [-0.4, -0.2) is 19.1 Å². The van der Waals surface area contributed by atoms with E-state index in [0.717, 1.165) is 111 Å². The molecule has 0 atom stereocenters. The lowest BCUT2D eigenvalue weighted by molar-refractivity contribution is 1.18. The summed E-state index contributed by atoms with van der Waals surface area (Å²) < 4.78 is 6.99. The van der Waals surface area contributed by atoms with Gasteiger partial charge in [0.2, 0.25) is 0 Å². The number of hydrogen-bond donors (Lipinski definition) is 0. The Labute approximate surface area is 815 Å². The third kappa shape index (κ3) is 13.7. The first-order chi connectivity index (χ1) is 69.7. The van der Waals surface area contributed by atoms with Gasteiger partial charge in [-0.2, -0.15) is 15.8 Å². The molecule has 0 aliphatic heterocycles. The number of nitrogens with zero attached hydrogens (tertiary/aromatic N) is 7. The molecule has 8 heteroatoms. The minimum Gasteiger partial charge on any atom is -0.309 e. The SMILES string of the molecule is N#Cc1ccc2c(c1)c1cc(-c3ccc(-c4ccc5ccc6c(-c7ccccc7)ccc7ccc4c5c76)cc3)ccc1n2-c1ccccc1.N#Cc1ccc2c(c1)c1cc(-c3ccc(-c4ccc5ccc6cccc7ccc4c5c67)cc3)ccc1n2-c1ccccc1.N#Cc1ccc2sc3ccc(-c4ccc5ccc6c(-c7nc(-c8ccccc8)cc(-c8ccccc8)n7)ccc7ccc4c5c76)cc3c2c1. The summed E-state index contributed by atoms with van der Waals surface area (Å²) >= 11 is 1.77. The van der Waals surface area contributed by atoms with Gasteiger partial charge < -0.3 is 9.13 Å². The Morgan fingerprint density at radius 3 is 0.872 bits per heavy atom. The van der Waals surface area contributed by atoms with Crippen LogP contribution in [0.1, 0.15) is 16.7 Å². The largest absolute Gasteiger partial charge is 0.309 e. The van der Waals surface area contributed by atoms with Crippen LogP contribution >= 0.6 is 11.3 Å². The molecule has 4 heterocycles. The molecule has 0 aliphatic carbocycles. The third-order valence-electron chi connectivity index (χ3n) is 28.8. The van der Waals surface area contributed by atoms with Gasteiger partial charge in [-0.05, 0) is 291 Å². The Morgan fingerprint density at radius 2 is 0.461 bits per heavy atom. The molecule has 141 heavy (non-hydrogen) atoms. The molecular formula is C133H77N7S. The van der Waals surface area contributed by atoms with Crippen molar-refractivity contribution in [2.45, 2.75) is 0 Å². The lowest BCUT2D eigenvalue weighted by atomic mass is 9.87. The molecule has 29 aromatic rings. The lowest BCUT2D eigenvalue weighted by Crippen LogP contribution is -1.97. The van der Waals surface area contributed by atoms with Gasteiger partial charge in [-0.25, -0.2) is 9.97 Å². The van der Waals surface area contributed by atoms with Gasteiger partial charge in [-0.15, -0.1) is 11.3 Å². The van der Waals surface area contributed by atoms with Crippen molar-refractivity contribution in [2.24, 2.45) is 0 Å². The highest BCUT2D eigenvalue weighted by Gasteiger charge is 2.24. The Hall–Kier alpha value is -19.0. The van der Waals surface area contributed by atoms with Crippen LogP contribution in [0.2, 0.25) is 0 Å². The molecule has 0 fully saturated rings. The molecule has 0 amide bonds. The number of para-hydroxylation sites is 2. The van der Waals surface area contributed by atoms with Crippen LogP contribution in [0.15, 0.2) is 467 Å². The van der Waals surface area contributed by atoms with Gasteiger partial charge in [0.15, 0.2) is 5.82 Å². The molecule has 0 bridgehead atoms. The second-order valence-electron chi connectivity index (χ2n) is 36.6. The first-order valence-corrected chi connectivity index (χ1v) is 48.3. The van der Waals surface area contributed by atoms with E-state index in [0.29, 0.717) is 22.5 Å². The summed E-state index contributed by atoms with van der Waals surface area (Å²) in [6.45, 7) is 0. The number of benzene rings is 25. The van der Waals surface area contributed by atoms with Crippen molar-refractivity contribution in [1.82, 2.24) is 19.1 Å². The predicted octanol–water partition coefficient (Wildman–Crippen LogP) is 35.7. The smallest absolute Gasteiger partial charge is 0.161 e. The van der Waals surface area contributed by atoms with Gasteiger partial charge in [0.05, 0.1) is 68.4 Å². The van der Waals surface area contributed by atoms with Crippen LogP contribution in [0.25, 0.3) is 273 Å². The molecule has 650 valence electrons. The molecule has 0 aliphatic rings. The molecule has 0 saturated heterocycles. The standard InChI is InChI=1S/C47H28N2.C45H25N3S.C41H24N2/c48-29-30-11-25-44-42(27-30)43-28-36(20-26-45(43)49(44)37-9-5-2-6-10-37)31-12-14-33(15-13-31)39-22-17-35-18-23-40-38(32-7-3-1-4-8-32)21-16-34-19-24-41(39)47(35)46(34)40;46-26-27-11-21-41-37(23-27)38-24-32(16-22-42(38)49-41)33-17-12-30-14-19-35-36(20-15-31-13-18-34(33)43(30)44(31)35)45-47-39(28-7-3-1-4-8-28)25-40(48-45)29-9-5-2-6-10-29;42-25-26-9-21-38-36(23-26)37-24-32(18-22-39(37)43(38)33-7-2-1-3-8-33)27-10-12-28(13-11-27)34-19-16-31-15-14-29-5-4-6-30-17-20-35(34)41(31)40(29)30/h1-28H;1-25H;1-24H. The van der Waals surface area contributed by atoms with Crippen molar-refractivity contribution in [1.29, 1.82) is 15.8 Å². The Kier molecular flexibility index (Phi) is 19.2. The average Bonchev–Trinajstić information content (AvgIpc) is 1.43. The number of hydrogen-bond acceptors (Lipinski definition) is 6. The molecule has 0 N–H and O–H groups in total. The summed E-state index contributed by atoms with van der Waals surface area (Å²) in [5, 5.41) is 58.5. The highest BCUT2D eigenvalue weighted by atomic mass is 32.1. The monoisotopic (exact) mass is 1800 g/mol. The Bertz CT molecular complexity index is 10200. The highest BCUT2D eigenvalue weighted by molar-refractivity contribution is 7.25. The summed E-state index contributed by atoms with van der Waals surface area (Å²) in [6, 6.07) is 173. The first-order valence-electron chi connectivity index (χ1n) is 47.5. The number of aromatic nitrogens is 4. The Balaban J connectivity index is 0.000000106. The van der Waals surface area contributed by atoms with Crippen molar-refractivity contribution in [3.63, 3.8) is 0 Å². The van der Waals surface area contributed by atoms with Gasteiger partial charge >= 0.3 is 0 Å². The second kappa shape index (κ2) is 33.2. The maximum Gasteiger partial charge on any atom is 0.161 e. The molecule has 7 nitrogen and oxygen atoms in total. The fourth-order valence-corrected chi connectivity index (χ4v) is 23.3. The summed E-state index contributed by atoms with van der Waals surface area (Å²) in [4.78, 5) is 10.4. The number of rotatable bonds is 11. The van der Waals surface area contributed by atoms with E-state index >= 15 is 0 Å². The van der Waals surface area contributed by atoms with Crippen LogP contribution in [0.3, 0.4) is 0 Å². The van der Waals surface area contributed by atoms with Gasteiger partial charge in [0.25, 0.3) is 0 Å². The van der Waals surface area contributed by atoms with E-state index in [4.69, 9.17) is 9.97 Å². The summed E-state index contributed by atoms with van der Waals surface area (Å²) in [5.41, 5.74) is 28.0. The van der Waals surface area contributed by atoms with Crippen molar-refractivity contribution < 1.29 is 0 Å². The molecule has 25 aromatic carbocycles. The minimum absolute atomic E-state index is 0.666. The minimum atomic E-state index is 0.666. The predicted molar refractivity (Wildman–Crippen MR) is 591 cm³/mol. The second-order valence-corrected chi connectivity index (χ2v) is 37.7. The fraction of sp³-hybridized carbons (Fsp3) is 0. The van der Waals surface area contributed by atoms with E-state index in [1.807, 2.05) is 60.7 Å². The molecule has 0 radical (unpaired) electrons. The van der Waals surface area contributed by atoms with Crippen LogP contribution in [-0.2, 0) is 0 Å². The van der Waals surface area contributed by atoms with Crippen LogP contribution in [0.5, 0.6) is 0 Å². The van der Waals surface area contributed by atoms with Gasteiger partial charge in [-0.3, -0.25) is 0 Å². The van der Waals surface area contributed by atoms with Gasteiger partial charge in [0.1, 0.15) is 0 Å². The molecule has 0 spiro atoms. The Morgan fingerprint density at radius 1 is 0.184 bits per heavy atom. The lowest BCUT2D eigenvalue weighted by Gasteiger charge is -2.17. The van der Waals surface area contributed by atoms with Gasteiger partial charge in [0, 0.05) is 69.8 Å². The third-order valence-corrected chi connectivity index (χ3v) is 30.0. The molecule has 29 rings (SSSR count). The topological polar surface area (TPSA) is 107 Å². The van der Waals surface area contributed by atoms with E-state index < -0.39 is 0 Å². The highest BCUT2D eigenvalue weighted by Crippen LogP contribution is 2.49. The fourth-order valence-electron chi connectivity index (χ4n) is 22.2. The summed E-state index contributed by atoms with van der Waals surface area (Å²) in [7, 11) is 0. The van der Waals surface area contributed by atoms with E-state index in [1.54, 1.807) is 11.3 Å². The van der Waals surface area contributed by atoms with E-state index in [1.165, 1.54) is 156 Å². The zero-order valence-corrected chi connectivity index (χ0v) is 76.8. The molecule has 4 aromatic heterocycles. The van der Waals surface area contributed by atoms with Crippen LogP contribution in [0.4, 0.5) is 0 Å². The van der Waals surface area contributed by atoms with Crippen molar-refractivity contribution in [3.8, 4) is 130 Å². The summed E-state index contributed by atoms with van der Waals surface area (Å²) in [6.07, 6.45) is 0. The van der Waals surface area contributed by atoms with Crippen molar-refractivity contribution in [2.75, 3.05) is 0 Å². The maximum atomic E-state index is 9.69. The number of thiophene rings is 1. The van der Waals surface area contributed by atoms with Crippen LogP contribution < -0.4 is 0 Å². The van der Waals surface area contributed by atoms with E-state index in [9.17, 15) is 15.8 Å². The average molecular weight is 1810 g/mol. The van der Waals surface area contributed by atoms with Crippen LogP contribution in [0, 0.1) is 34.0 Å². The number of fused-ring (bicyclic) bond motifs is 9. The van der Waals surface area contributed by atoms with Gasteiger partial charge in [-0.1, -0.05) is 340 Å². The van der Waals surface area contributed by atoms with E-state index in [2.05, 4.69) is 434 Å². The van der Waals surface area contributed by atoms with Crippen molar-refractivity contribution in [3.05, 3.63) is 484 Å². The van der Waals surface area contributed by atoms with E-state index in [-0.39, 0.29) is 0 Å². The molecular weight excluding hydrogens is 1730 g/mol. The normalized spacial score (nSPS) is 11.7. The zero-order valence-electron chi connectivity index (χ0n) is 76.0. The zero-order chi connectivity index (χ0) is 93.4. The number of nitriles is 3. The molecule has 0 unspecified atom stereocenters. The first kappa shape index (κ1) is 81.5. The summed E-state index contributed by atoms with van der Waals surface area (Å²) in [5.74, 6) is 0.713. The van der Waals surface area contributed by atoms with Crippen molar-refractivity contribution >= 4 is 172 Å². The molecule has 0 saturated carbocycles.